The minimum Gasteiger partial charge on any atom is -0.393 e. The van der Waals surface area contributed by atoms with Crippen molar-refractivity contribution in [2.45, 2.75) is 45.6 Å². The molecule has 1 amide bonds. The molecule has 3 nitrogen and oxygen atoms in total. The number of primary amides is 1. The first-order valence-electron chi connectivity index (χ1n) is 4.72. The quantitative estimate of drug-likeness (QED) is 0.614. The third-order valence-corrected chi connectivity index (χ3v) is 1.96. The van der Waals surface area contributed by atoms with E-state index < -0.39 is 0 Å². The van der Waals surface area contributed by atoms with Crippen molar-refractivity contribution in [3.63, 3.8) is 0 Å². The van der Waals surface area contributed by atoms with Gasteiger partial charge in [0.05, 0.1) is 6.10 Å². The molecule has 0 bridgehead atoms. The predicted octanol–water partition coefficient (Wildman–Crippen LogP) is 1.36. The third-order valence-electron chi connectivity index (χ3n) is 1.96. The molecule has 0 rings (SSSR count). The second kappa shape index (κ2) is 6.66. The first-order chi connectivity index (χ1) is 6.07. The summed E-state index contributed by atoms with van der Waals surface area (Å²) in [5, 5.41) is 9.36. The van der Waals surface area contributed by atoms with Crippen LogP contribution in [0.15, 0.2) is 11.6 Å². The number of aliphatic hydroxyl groups excluding tert-OH is 1. The van der Waals surface area contributed by atoms with Crippen LogP contribution in [0.5, 0.6) is 0 Å². The Kier molecular flexibility index (Phi) is 6.24. The van der Waals surface area contributed by atoms with Crippen LogP contribution in [-0.2, 0) is 4.79 Å². The van der Waals surface area contributed by atoms with Gasteiger partial charge in [0.2, 0.25) is 5.91 Å². The number of carbonyl (C=O) groups excluding carboxylic acids is 1. The summed E-state index contributed by atoms with van der Waals surface area (Å²) < 4.78 is 0. The van der Waals surface area contributed by atoms with Gasteiger partial charge in [-0.2, -0.15) is 0 Å². The predicted molar refractivity (Wildman–Crippen MR) is 53.1 cm³/mol. The number of carbonyl (C=O) groups is 1. The Morgan fingerprint density at radius 3 is 2.62 bits per heavy atom. The number of rotatable bonds is 6. The zero-order chi connectivity index (χ0) is 10.3. The molecule has 0 aliphatic rings. The zero-order valence-corrected chi connectivity index (χ0v) is 8.42. The molecule has 0 fully saturated rings. The lowest BCUT2D eigenvalue weighted by Gasteiger charge is -2.06. The maximum Gasteiger partial charge on any atom is 0.244 e. The Bertz CT molecular complexity index is 187. The molecule has 0 aliphatic carbocycles. The Hall–Kier alpha value is -0.830. The maximum atomic E-state index is 10.6. The van der Waals surface area contributed by atoms with E-state index in [9.17, 15) is 9.90 Å². The minimum atomic E-state index is -0.384. The maximum absolute atomic E-state index is 10.6. The normalized spacial score (nSPS) is 14.2. The average molecular weight is 185 g/mol. The molecule has 1 unspecified atom stereocenters. The second-order valence-electron chi connectivity index (χ2n) is 3.27. The monoisotopic (exact) mass is 185 g/mol. The van der Waals surface area contributed by atoms with Gasteiger partial charge in [0.25, 0.3) is 0 Å². The van der Waals surface area contributed by atoms with E-state index in [2.05, 4.69) is 0 Å². The molecule has 3 N–H and O–H groups in total. The van der Waals surface area contributed by atoms with Crippen molar-refractivity contribution in [3.05, 3.63) is 11.6 Å². The fourth-order valence-electron chi connectivity index (χ4n) is 1.07. The van der Waals surface area contributed by atoms with E-state index in [-0.39, 0.29) is 12.0 Å². The van der Waals surface area contributed by atoms with Crippen molar-refractivity contribution in [1.29, 1.82) is 0 Å². The highest BCUT2D eigenvalue weighted by molar-refractivity contribution is 5.91. The van der Waals surface area contributed by atoms with Crippen LogP contribution in [0.2, 0.25) is 0 Å². The number of hydrogen-bond donors (Lipinski definition) is 2. The highest BCUT2D eigenvalue weighted by Crippen LogP contribution is 2.06. The molecule has 0 aromatic carbocycles. The van der Waals surface area contributed by atoms with Gasteiger partial charge in [-0.05, 0) is 26.2 Å². The van der Waals surface area contributed by atoms with Gasteiger partial charge >= 0.3 is 0 Å². The van der Waals surface area contributed by atoms with Gasteiger partial charge in [0, 0.05) is 5.57 Å². The number of hydrogen-bond acceptors (Lipinski definition) is 2. The minimum absolute atomic E-state index is 0.248. The summed E-state index contributed by atoms with van der Waals surface area (Å²) in [6.07, 6.45) is 4.76. The number of allylic oxidation sites excluding steroid dienone is 1. The fraction of sp³-hybridized carbons (Fsp3) is 0.700. The SMILES string of the molecule is CCCC(O)CCC=C(C)C(N)=O. The number of aliphatic hydroxyl groups is 1. The van der Waals surface area contributed by atoms with Gasteiger partial charge in [0.15, 0.2) is 0 Å². The molecular formula is C10H19NO2. The van der Waals surface area contributed by atoms with Crippen molar-refractivity contribution in [1.82, 2.24) is 0 Å². The third kappa shape index (κ3) is 6.34. The summed E-state index contributed by atoms with van der Waals surface area (Å²) >= 11 is 0. The molecule has 76 valence electrons. The van der Waals surface area contributed by atoms with E-state index in [1.54, 1.807) is 13.0 Å². The van der Waals surface area contributed by atoms with Crippen molar-refractivity contribution >= 4 is 5.91 Å². The van der Waals surface area contributed by atoms with E-state index >= 15 is 0 Å². The van der Waals surface area contributed by atoms with Gasteiger partial charge in [-0.3, -0.25) is 4.79 Å². The van der Waals surface area contributed by atoms with Crippen LogP contribution in [-0.4, -0.2) is 17.1 Å². The van der Waals surface area contributed by atoms with Gasteiger partial charge in [-0.25, -0.2) is 0 Å². The number of nitrogens with two attached hydrogens (primary N) is 1. The van der Waals surface area contributed by atoms with Gasteiger partial charge < -0.3 is 10.8 Å². The van der Waals surface area contributed by atoms with Gasteiger partial charge in [0.1, 0.15) is 0 Å². The number of amides is 1. The molecule has 0 heterocycles. The van der Waals surface area contributed by atoms with Crippen molar-refractivity contribution in [2.24, 2.45) is 5.73 Å². The van der Waals surface area contributed by atoms with E-state index in [1.165, 1.54) is 0 Å². The fourth-order valence-corrected chi connectivity index (χ4v) is 1.07. The standard InChI is InChI=1S/C10H19NO2/c1-3-5-9(12)7-4-6-8(2)10(11)13/h6,9,12H,3-5,7H2,1-2H3,(H2,11,13). The first-order valence-corrected chi connectivity index (χ1v) is 4.72. The highest BCUT2D eigenvalue weighted by Gasteiger charge is 2.01. The van der Waals surface area contributed by atoms with Crippen molar-refractivity contribution < 1.29 is 9.90 Å². The molecular weight excluding hydrogens is 166 g/mol. The Balaban J connectivity index is 3.65. The van der Waals surface area contributed by atoms with E-state index in [0.717, 1.165) is 19.3 Å². The van der Waals surface area contributed by atoms with Gasteiger partial charge in [-0.1, -0.05) is 19.4 Å². The molecule has 13 heavy (non-hydrogen) atoms. The summed E-state index contributed by atoms with van der Waals surface area (Å²) in [5.74, 6) is -0.384. The summed E-state index contributed by atoms with van der Waals surface area (Å²) in [6.45, 7) is 3.72. The Morgan fingerprint density at radius 1 is 1.54 bits per heavy atom. The molecule has 0 spiro atoms. The summed E-state index contributed by atoms with van der Waals surface area (Å²) in [5.41, 5.74) is 5.61. The summed E-state index contributed by atoms with van der Waals surface area (Å²) in [7, 11) is 0. The van der Waals surface area contributed by atoms with Crippen LogP contribution in [0.4, 0.5) is 0 Å². The molecule has 3 heteroatoms. The lowest BCUT2D eigenvalue weighted by atomic mass is 10.1. The van der Waals surface area contributed by atoms with Crippen LogP contribution >= 0.6 is 0 Å². The van der Waals surface area contributed by atoms with E-state index in [0.29, 0.717) is 12.0 Å². The molecule has 1 atom stereocenters. The van der Waals surface area contributed by atoms with Crippen molar-refractivity contribution in [2.75, 3.05) is 0 Å². The summed E-state index contributed by atoms with van der Waals surface area (Å²) in [4.78, 5) is 10.6. The highest BCUT2D eigenvalue weighted by atomic mass is 16.3. The second-order valence-corrected chi connectivity index (χ2v) is 3.27. The topological polar surface area (TPSA) is 63.3 Å². The lowest BCUT2D eigenvalue weighted by molar-refractivity contribution is -0.114. The molecule has 0 saturated carbocycles. The van der Waals surface area contributed by atoms with Gasteiger partial charge in [-0.15, -0.1) is 0 Å². The molecule has 0 saturated heterocycles. The van der Waals surface area contributed by atoms with E-state index in [1.807, 2.05) is 6.92 Å². The zero-order valence-electron chi connectivity index (χ0n) is 8.42. The molecule has 0 aromatic heterocycles. The van der Waals surface area contributed by atoms with Crippen LogP contribution in [0.25, 0.3) is 0 Å². The van der Waals surface area contributed by atoms with Crippen LogP contribution in [0, 0.1) is 0 Å². The van der Waals surface area contributed by atoms with E-state index in [4.69, 9.17) is 5.73 Å². The van der Waals surface area contributed by atoms with Crippen LogP contribution in [0.1, 0.15) is 39.5 Å². The van der Waals surface area contributed by atoms with Crippen LogP contribution in [0.3, 0.4) is 0 Å². The molecule has 0 aromatic rings. The van der Waals surface area contributed by atoms with Crippen molar-refractivity contribution in [3.8, 4) is 0 Å². The summed E-state index contributed by atoms with van der Waals surface area (Å²) in [6, 6.07) is 0. The average Bonchev–Trinajstić information content (AvgIpc) is 2.04. The largest absolute Gasteiger partial charge is 0.393 e. The Labute approximate surface area is 79.6 Å². The smallest absolute Gasteiger partial charge is 0.244 e. The first kappa shape index (κ1) is 12.2. The molecule has 0 radical (unpaired) electrons. The Morgan fingerprint density at radius 2 is 2.15 bits per heavy atom. The lowest BCUT2D eigenvalue weighted by Crippen LogP contribution is -2.12. The van der Waals surface area contributed by atoms with Crippen LogP contribution < -0.4 is 5.73 Å². The molecule has 0 aliphatic heterocycles.